The zero-order valence-corrected chi connectivity index (χ0v) is 47.8. The number of furan rings is 2. The molecule has 0 unspecified atom stereocenters. The van der Waals surface area contributed by atoms with E-state index in [0.29, 0.717) is 0 Å². The first-order valence-corrected chi connectivity index (χ1v) is 34.6. The second-order valence-corrected chi connectivity index (χ2v) is 32.6. The Morgan fingerprint density at radius 2 is 0.598 bits per heavy atom. The predicted octanol–water partition coefficient (Wildman–Crippen LogP) is 18.3. The van der Waals surface area contributed by atoms with Crippen LogP contribution in [0.3, 0.4) is 0 Å². The van der Waals surface area contributed by atoms with Crippen LogP contribution in [0.5, 0.6) is 0 Å². The summed E-state index contributed by atoms with van der Waals surface area (Å²) in [5.74, 6) is 0. The third-order valence-electron chi connectivity index (χ3n) is 18.9. The molecule has 0 saturated carbocycles. The second-order valence-electron chi connectivity index (χ2n) is 24.0. The highest BCUT2D eigenvalue weighted by atomic mass is 28.3. The molecule has 82 heavy (non-hydrogen) atoms. The summed E-state index contributed by atoms with van der Waals surface area (Å²) in [6.45, 7) is 9.98. The monoisotopic (exact) mass is 1080 g/mol. The average Bonchev–Trinajstić information content (AvgIpc) is 2.78. The van der Waals surface area contributed by atoms with Crippen molar-refractivity contribution >= 4 is 124 Å². The molecule has 0 saturated heterocycles. The minimum atomic E-state index is -1.86. The van der Waals surface area contributed by atoms with E-state index in [1.54, 1.807) is 0 Å². The standard InChI is InChI=1S/C76H52N2O2Si2/c1-81(2)71-25-11-7-17-55(71)63-43-49(31-37-73(63)81)77-65-33-27-45(39-59(65)61-41-47(29-35-67(61)77)51-19-13-21-57-53-15-5-9-23-69(53)79-75(51)57)46-28-34-66-60(40-46)62-42-48(52-20-14-22-58-54-16-6-10-24-70(54)80-76(52)58)30-36-68(62)78(66)50-32-38-74-64(44-50)56-18-8-12-26-72(56)82(74,3)4/h5-44H,1-4H3. The van der Waals surface area contributed by atoms with Gasteiger partial charge in [-0.1, -0.05) is 184 Å². The molecule has 0 N–H and O–H groups in total. The quantitative estimate of drug-likeness (QED) is 0.161. The van der Waals surface area contributed by atoms with E-state index in [2.05, 4.69) is 278 Å². The van der Waals surface area contributed by atoms with Crippen LogP contribution in [-0.4, -0.2) is 25.3 Å². The van der Waals surface area contributed by atoms with E-state index in [-0.39, 0.29) is 0 Å². The summed E-state index contributed by atoms with van der Waals surface area (Å²) in [5.41, 5.74) is 22.9. The van der Waals surface area contributed by atoms with Crippen LogP contribution in [-0.2, 0) is 0 Å². The van der Waals surface area contributed by atoms with Gasteiger partial charge < -0.3 is 18.0 Å². The molecular formula is C76H52N2O2Si2. The Hall–Kier alpha value is -9.73. The Labute approximate surface area is 475 Å². The van der Waals surface area contributed by atoms with Crippen molar-refractivity contribution < 1.29 is 8.83 Å². The molecule has 0 radical (unpaired) electrons. The van der Waals surface area contributed by atoms with Crippen molar-refractivity contribution in [1.29, 1.82) is 0 Å². The van der Waals surface area contributed by atoms with Crippen LogP contribution in [0, 0.1) is 0 Å². The lowest BCUT2D eigenvalue weighted by molar-refractivity contribution is 0.669. The van der Waals surface area contributed by atoms with Crippen molar-refractivity contribution in [3.8, 4) is 67.0 Å². The number of aromatic nitrogens is 2. The zero-order valence-electron chi connectivity index (χ0n) is 45.8. The van der Waals surface area contributed by atoms with Crippen molar-refractivity contribution in [3.63, 3.8) is 0 Å². The molecule has 2 aliphatic rings. The van der Waals surface area contributed by atoms with Gasteiger partial charge >= 0.3 is 0 Å². The zero-order chi connectivity index (χ0) is 54.3. The molecule has 16 aromatic rings. The van der Waals surface area contributed by atoms with E-state index < -0.39 is 16.1 Å². The summed E-state index contributed by atoms with van der Waals surface area (Å²) >= 11 is 0. The highest BCUT2D eigenvalue weighted by Gasteiger charge is 2.39. The Kier molecular flexibility index (Phi) is 9.24. The topological polar surface area (TPSA) is 36.1 Å². The van der Waals surface area contributed by atoms with Crippen LogP contribution in [0.4, 0.5) is 0 Å². The van der Waals surface area contributed by atoms with Gasteiger partial charge in [0.25, 0.3) is 0 Å². The predicted molar refractivity (Wildman–Crippen MR) is 350 cm³/mol. The molecule has 0 aliphatic carbocycles. The van der Waals surface area contributed by atoms with E-state index in [1.807, 2.05) is 0 Å². The van der Waals surface area contributed by atoms with Gasteiger partial charge in [0.1, 0.15) is 38.5 Å². The summed E-state index contributed by atoms with van der Waals surface area (Å²) in [6, 6.07) is 90.8. The Morgan fingerprint density at radius 1 is 0.256 bits per heavy atom. The molecule has 6 heteroatoms. The fourth-order valence-electron chi connectivity index (χ4n) is 14.9. The first-order valence-electron chi connectivity index (χ1n) is 28.6. The molecule has 6 heterocycles. The first kappa shape index (κ1) is 46.1. The van der Waals surface area contributed by atoms with Gasteiger partial charge in [-0.15, -0.1) is 0 Å². The van der Waals surface area contributed by atoms with Gasteiger partial charge in [-0.25, -0.2) is 0 Å². The number of rotatable bonds is 5. The van der Waals surface area contributed by atoms with Crippen molar-refractivity contribution in [3.05, 3.63) is 243 Å². The van der Waals surface area contributed by atoms with E-state index in [1.165, 1.54) is 109 Å². The van der Waals surface area contributed by atoms with Crippen LogP contribution in [0.2, 0.25) is 26.2 Å². The van der Waals surface area contributed by atoms with Crippen LogP contribution >= 0.6 is 0 Å². The van der Waals surface area contributed by atoms with Crippen molar-refractivity contribution in [2.45, 2.75) is 26.2 Å². The molecule has 0 spiro atoms. The maximum absolute atomic E-state index is 6.67. The van der Waals surface area contributed by atoms with Gasteiger partial charge in [-0.2, -0.15) is 0 Å². The van der Waals surface area contributed by atoms with Gasteiger partial charge in [0.2, 0.25) is 0 Å². The van der Waals surface area contributed by atoms with Crippen LogP contribution < -0.4 is 20.7 Å². The lowest BCUT2D eigenvalue weighted by Gasteiger charge is -2.19. The van der Waals surface area contributed by atoms with Gasteiger partial charge in [0.15, 0.2) is 0 Å². The number of para-hydroxylation sites is 4. The third kappa shape index (κ3) is 6.25. The van der Waals surface area contributed by atoms with Crippen LogP contribution in [0.15, 0.2) is 251 Å². The van der Waals surface area contributed by atoms with Gasteiger partial charge in [0, 0.05) is 65.6 Å². The molecule has 4 nitrogen and oxygen atoms in total. The summed E-state index contributed by atoms with van der Waals surface area (Å²) in [7, 11) is -3.72. The van der Waals surface area contributed by atoms with Crippen LogP contribution in [0.25, 0.3) is 154 Å². The summed E-state index contributed by atoms with van der Waals surface area (Å²) in [4.78, 5) is 0. The maximum Gasteiger partial charge on any atom is 0.143 e. The summed E-state index contributed by atoms with van der Waals surface area (Å²) in [6.07, 6.45) is 0. The summed E-state index contributed by atoms with van der Waals surface area (Å²) < 4.78 is 18.3. The normalized spacial score (nSPS) is 14.0. The SMILES string of the molecule is C[Si]1(C)c2ccccc2-c2cc(-n3c4ccc(-c5ccc6c(c5)c5cc(-c7cccc8c7oc7ccccc78)ccc5n6-c5ccc6c(c5)-c5ccccc5[Si]6(C)C)cc4c4cc(-c5cccc6c5oc5ccccc56)ccc43)ccc21. The number of hydrogen-bond acceptors (Lipinski definition) is 2. The number of hydrogen-bond donors (Lipinski definition) is 0. The number of nitrogens with zero attached hydrogens (tertiary/aromatic N) is 2. The highest BCUT2D eigenvalue weighted by Crippen LogP contribution is 2.45. The molecule has 0 amide bonds. The van der Waals surface area contributed by atoms with E-state index >= 15 is 0 Å². The van der Waals surface area contributed by atoms with Crippen molar-refractivity contribution in [2.24, 2.45) is 0 Å². The van der Waals surface area contributed by atoms with Crippen molar-refractivity contribution in [1.82, 2.24) is 9.13 Å². The Balaban J connectivity index is 0.858. The smallest absolute Gasteiger partial charge is 0.143 e. The van der Waals surface area contributed by atoms with Gasteiger partial charge in [-0.05, 0) is 150 Å². The second kappa shape index (κ2) is 16.5. The molecule has 386 valence electrons. The number of fused-ring (bicyclic) bond motifs is 18. The minimum absolute atomic E-state index is 0.903. The average molecular weight is 1080 g/mol. The Morgan fingerprint density at radius 3 is 1.04 bits per heavy atom. The molecule has 2 aliphatic heterocycles. The van der Waals surface area contributed by atoms with Gasteiger partial charge in [-0.3, -0.25) is 0 Å². The molecule has 0 bridgehead atoms. The van der Waals surface area contributed by atoms with Crippen molar-refractivity contribution in [2.75, 3.05) is 0 Å². The number of benzene rings is 12. The summed E-state index contributed by atoms with van der Waals surface area (Å²) in [5, 5.41) is 15.4. The lowest BCUT2D eigenvalue weighted by atomic mass is 9.97. The largest absolute Gasteiger partial charge is 0.455 e. The molecule has 4 aromatic heterocycles. The maximum atomic E-state index is 6.67. The molecule has 0 fully saturated rings. The van der Waals surface area contributed by atoms with Crippen LogP contribution in [0.1, 0.15) is 0 Å². The Bertz CT molecular complexity index is 5150. The molecule has 18 rings (SSSR count). The molecular weight excluding hydrogens is 1030 g/mol. The molecule has 0 atom stereocenters. The fraction of sp³-hybridized carbons (Fsp3) is 0.0526. The fourth-order valence-corrected chi connectivity index (χ4v) is 21.1. The molecule has 12 aromatic carbocycles. The van der Waals surface area contributed by atoms with Gasteiger partial charge in [0.05, 0.1) is 22.1 Å². The van der Waals surface area contributed by atoms with E-state index in [9.17, 15) is 0 Å². The third-order valence-corrected chi connectivity index (χ3v) is 26.1. The first-order chi connectivity index (χ1) is 40.2. The highest BCUT2D eigenvalue weighted by molar-refractivity contribution is 7.04. The lowest BCUT2D eigenvalue weighted by Crippen LogP contribution is -2.49. The van der Waals surface area contributed by atoms with E-state index in [0.717, 1.165) is 66.1 Å². The minimum Gasteiger partial charge on any atom is -0.455 e. The van der Waals surface area contributed by atoms with E-state index in [4.69, 9.17) is 8.83 Å².